The maximum Gasteiger partial charge on any atom is 0.245 e. The van der Waals surface area contributed by atoms with Crippen molar-refractivity contribution in [1.82, 2.24) is 20.4 Å². The molecule has 0 unspecified atom stereocenters. The highest BCUT2D eigenvalue weighted by Crippen LogP contribution is 2.49. The van der Waals surface area contributed by atoms with Gasteiger partial charge in [0, 0.05) is 25.4 Å². The number of rotatable bonds is 5. The Bertz CT molecular complexity index is 766. The third-order valence-corrected chi connectivity index (χ3v) is 7.96. The van der Waals surface area contributed by atoms with Crippen LogP contribution in [-0.2, 0) is 19.2 Å². The summed E-state index contributed by atoms with van der Waals surface area (Å²) in [5.74, 6) is 1.36. The fourth-order valence-corrected chi connectivity index (χ4v) is 6.24. The molecule has 2 N–H and O–H groups in total. The van der Waals surface area contributed by atoms with E-state index < -0.39 is 12.1 Å². The van der Waals surface area contributed by atoms with Crippen LogP contribution in [0.15, 0.2) is 0 Å². The zero-order valence-electron chi connectivity index (χ0n) is 17.6. The maximum atomic E-state index is 13.2. The first kappa shape index (κ1) is 19.8. The van der Waals surface area contributed by atoms with Gasteiger partial charge < -0.3 is 20.4 Å². The number of carbonyl (C=O) groups excluding carboxylic acids is 4. The molecule has 0 aromatic rings. The van der Waals surface area contributed by atoms with Crippen molar-refractivity contribution in [2.45, 2.75) is 82.5 Å². The molecular formula is C22H32N4O4. The van der Waals surface area contributed by atoms with Gasteiger partial charge in [-0.3, -0.25) is 19.2 Å². The molecule has 8 nitrogen and oxygen atoms in total. The summed E-state index contributed by atoms with van der Waals surface area (Å²) in [4.78, 5) is 53.7. The molecule has 2 saturated carbocycles. The molecule has 2 aliphatic carbocycles. The molecule has 30 heavy (non-hydrogen) atoms. The van der Waals surface area contributed by atoms with Crippen LogP contribution in [0.3, 0.4) is 0 Å². The number of fused-ring (bicyclic) bond motifs is 2. The van der Waals surface area contributed by atoms with Gasteiger partial charge in [-0.1, -0.05) is 6.42 Å². The van der Waals surface area contributed by atoms with E-state index >= 15 is 0 Å². The Morgan fingerprint density at radius 3 is 2.40 bits per heavy atom. The van der Waals surface area contributed by atoms with Crippen LogP contribution in [0.5, 0.6) is 0 Å². The van der Waals surface area contributed by atoms with Crippen LogP contribution in [0, 0.1) is 17.8 Å². The van der Waals surface area contributed by atoms with E-state index in [2.05, 4.69) is 15.5 Å². The number of nitrogens with one attached hydrogen (secondary N) is 2. The maximum absolute atomic E-state index is 13.2. The van der Waals surface area contributed by atoms with Gasteiger partial charge in [0.2, 0.25) is 23.6 Å². The highest BCUT2D eigenvalue weighted by Gasteiger charge is 2.51. The van der Waals surface area contributed by atoms with E-state index in [1.165, 1.54) is 25.7 Å². The average Bonchev–Trinajstić information content (AvgIpc) is 3.14. The van der Waals surface area contributed by atoms with Crippen LogP contribution in [-0.4, -0.2) is 70.7 Å². The number of amides is 4. The van der Waals surface area contributed by atoms with Crippen LogP contribution in [0.1, 0.15) is 58.3 Å². The summed E-state index contributed by atoms with van der Waals surface area (Å²) in [6, 6.07) is -1.00. The summed E-state index contributed by atoms with van der Waals surface area (Å²) in [6.45, 7) is 2.89. The van der Waals surface area contributed by atoms with Crippen molar-refractivity contribution in [3.63, 3.8) is 0 Å². The molecule has 5 rings (SSSR count). The zero-order chi connectivity index (χ0) is 21.0. The number of piperazine rings is 1. The highest BCUT2D eigenvalue weighted by atomic mass is 16.2. The van der Waals surface area contributed by atoms with Gasteiger partial charge in [0.05, 0.1) is 12.1 Å². The van der Waals surface area contributed by atoms with Gasteiger partial charge in [0.1, 0.15) is 12.1 Å². The summed E-state index contributed by atoms with van der Waals surface area (Å²) in [5, 5.41) is 5.39. The monoisotopic (exact) mass is 416 g/mol. The van der Waals surface area contributed by atoms with Crippen molar-refractivity contribution in [1.29, 1.82) is 0 Å². The summed E-state index contributed by atoms with van der Waals surface area (Å²) in [7, 11) is 0. The van der Waals surface area contributed by atoms with Crippen LogP contribution in [0.4, 0.5) is 0 Å². The van der Waals surface area contributed by atoms with Crippen molar-refractivity contribution in [2.75, 3.05) is 13.1 Å². The van der Waals surface area contributed by atoms with Crippen LogP contribution >= 0.6 is 0 Å². The predicted octanol–water partition coefficient (Wildman–Crippen LogP) is 0.408. The molecule has 0 radical (unpaired) electrons. The Labute approximate surface area is 177 Å². The number of carbonyl (C=O) groups is 4. The summed E-state index contributed by atoms with van der Waals surface area (Å²) in [6.07, 6.45) is 7.64. The molecule has 0 aromatic carbocycles. The van der Waals surface area contributed by atoms with E-state index in [1.54, 1.807) is 6.92 Å². The first-order valence-electron chi connectivity index (χ1n) is 11.6. The Kier molecular flexibility index (Phi) is 4.98. The third-order valence-electron chi connectivity index (χ3n) is 7.96. The summed E-state index contributed by atoms with van der Waals surface area (Å²) >= 11 is 0. The Hall–Kier alpha value is -2.12. The largest absolute Gasteiger partial charge is 0.344 e. The Balaban J connectivity index is 1.15. The predicted molar refractivity (Wildman–Crippen MR) is 108 cm³/mol. The Morgan fingerprint density at radius 2 is 1.77 bits per heavy atom. The number of nitrogens with zero attached hydrogens (tertiary/aromatic N) is 2. The molecule has 2 bridgehead atoms. The molecule has 3 saturated heterocycles. The van der Waals surface area contributed by atoms with Crippen molar-refractivity contribution >= 4 is 23.6 Å². The topological polar surface area (TPSA) is 98.8 Å². The second-order valence-electron chi connectivity index (χ2n) is 9.95. The van der Waals surface area contributed by atoms with Gasteiger partial charge >= 0.3 is 0 Å². The van der Waals surface area contributed by atoms with Gasteiger partial charge in [-0.05, 0) is 57.3 Å². The molecule has 6 atom stereocenters. The Morgan fingerprint density at radius 1 is 1.03 bits per heavy atom. The van der Waals surface area contributed by atoms with Crippen LogP contribution in [0.2, 0.25) is 0 Å². The van der Waals surface area contributed by atoms with Gasteiger partial charge in [-0.25, -0.2) is 0 Å². The standard InChI is InChI=1S/C22H32N4O4/c1-12(23-20(28)18-7-8-19(27)24-18)21(29)25-10-15-9-14(25)11-26(15)22(30)17-4-2-3-16(17)13-5-6-13/h12-18H,2-11H2,1H3,(H,23,28)(H,24,27)/t12-,14+,15+,16+,17-,18+/m1/s1. The van der Waals surface area contributed by atoms with E-state index in [1.807, 2.05) is 4.90 Å². The van der Waals surface area contributed by atoms with Crippen LogP contribution in [0.25, 0.3) is 0 Å². The SMILES string of the molecule is C[C@@H](NC(=O)[C@@H]1CCC(=O)N1)C(=O)N1C[C@@H]2C[C@H]1CN2C(=O)[C@@H]1CCC[C@H]1C1CC1. The molecule has 0 aromatic heterocycles. The van der Waals surface area contributed by atoms with Gasteiger partial charge in [-0.15, -0.1) is 0 Å². The number of hydrogen-bond donors (Lipinski definition) is 2. The van der Waals surface area contributed by atoms with E-state index in [0.717, 1.165) is 18.8 Å². The smallest absolute Gasteiger partial charge is 0.245 e. The van der Waals surface area contributed by atoms with Crippen molar-refractivity contribution < 1.29 is 19.2 Å². The minimum atomic E-state index is -0.632. The second kappa shape index (κ2) is 7.54. The zero-order valence-corrected chi connectivity index (χ0v) is 17.6. The number of hydrogen-bond acceptors (Lipinski definition) is 4. The van der Waals surface area contributed by atoms with E-state index in [-0.39, 0.29) is 35.7 Å². The van der Waals surface area contributed by atoms with E-state index in [4.69, 9.17) is 0 Å². The molecular weight excluding hydrogens is 384 g/mol. The lowest BCUT2D eigenvalue weighted by molar-refractivity contribution is -0.144. The molecule has 5 fully saturated rings. The number of likely N-dealkylation sites (tertiary alicyclic amines) is 2. The summed E-state index contributed by atoms with van der Waals surface area (Å²) < 4.78 is 0. The molecule has 4 amide bonds. The van der Waals surface area contributed by atoms with Gasteiger partial charge in [0.25, 0.3) is 0 Å². The van der Waals surface area contributed by atoms with E-state index in [0.29, 0.717) is 37.8 Å². The lowest BCUT2D eigenvalue weighted by Gasteiger charge is -2.37. The lowest BCUT2D eigenvalue weighted by atomic mass is 9.90. The van der Waals surface area contributed by atoms with Gasteiger partial charge in [-0.2, -0.15) is 0 Å². The molecule has 8 heteroatoms. The molecule has 3 heterocycles. The average molecular weight is 417 g/mol. The highest BCUT2D eigenvalue weighted by molar-refractivity contribution is 5.94. The minimum Gasteiger partial charge on any atom is -0.344 e. The molecule has 3 aliphatic heterocycles. The molecule has 5 aliphatic rings. The van der Waals surface area contributed by atoms with Gasteiger partial charge in [0.15, 0.2) is 0 Å². The second-order valence-corrected chi connectivity index (χ2v) is 9.95. The summed E-state index contributed by atoms with van der Waals surface area (Å²) in [5.41, 5.74) is 0. The first-order chi connectivity index (χ1) is 14.4. The van der Waals surface area contributed by atoms with Crippen LogP contribution < -0.4 is 10.6 Å². The first-order valence-corrected chi connectivity index (χ1v) is 11.6. The normalized spacial score (nSPS) is 36.2. The fraction of sp³-hybridized carbons (Fsp3) is 0.818. The quantitative estimate of drug-likeness (QED) is 0.678. The van der Waals surface area contributed by atoms with Crippen molar-refractivity contribution in [3.05, 3.63) is 0 Å². The van der Waals surface area contributed by atoms with Crippen molar-refractivity contribution in [3.8, 4) is 0 Å². The third kappa shape index (κ3) is 3.48. The fourth-order valence-electron chi connectivity index (χ4n) is 6.24. The van der Waals surface area contributed by atoms with Crippen molar-refractivity contribution in [2.24, 2.45) is 17.8 Å². The minimum absolute atomic E-state index is 0.0535. The lowest BCUT2D eigenvalue weighted by Crippen LogP contribution is -2.57. The molecule has 0 spiro atoms. The molecule has 164 valence electrons. The van der Waals surface area contributed by atoms with E-state index in [9.17, 15) is 19.2 Å².